The molecule has 2 heterocycles. The number of nitrogen functional groups attached to an aromatic ring is 2. The van der Waals surface area contributed by atoms with E-state index in [9.17, 15) is 5.11 Å². The molecule has 0 unspecified atom stereocenters. The van der Waals surface area contributed by atoms with E-state index >= 15 is 0 Å². The van der Waals surface area contributed by atoms with Gasteiger partial charge in [0.15, 0.2) is 11.4 Å². The summed E-state index contributed by atoms with van der Waals surface area (Å²) in [5.74, 6) is 0.285. The van der Waals surface area contributed by atoms with Gasteiger partial charge in [-0.2, -0.15) is 0 Å². The number of aliphatic hydroxyl groups excluding tert-OH is 2. The Morgan fingerprint density at radius 3 is 2.08 bits per heavy atom. The zero-order chi connectivity index (χ0) is 19.7. The van der Waals surface area contributed by atoms with E-state index in [2.05, 4.69) is 29.6 Å². The Bertz CT molecular complexity index is 868. The van der Waals surface area contributed by atoms with E-state index in [1.807, 2.05) is 13.0 Å². The van der Waals surface area contributed by atoms with Gasteiger partial charge in [0.05, 0.1) is 18.5 Å². The molecule has 2 aromatic rings. The first-order valence-electron chi connectivity index (χ1n) is 7.32. The second-order valence-electron chi connectivity index (χ2n) is 4.92. The van der Waals surface area contributed by atoms with Gasteiger partial charge in [0.2, 0.25) is 0 Å². The minimum Gasteiger partial charge on any atom is -0.391 e. The summed E-state index contributed by atoms with van der Waals surface area (Å²) in [6, 6.07) is 0. The van der Waals surface area contributed by atoms with Crippen LogP contribution in [0.4, 0.5) is 23.3 Å². The van der Waals surface area contributed by atoms with Crippen molar-refractivity contribution in [3.8, 4) is 0 Å². The Morgan fingerprint density at radius 2 is 1.58 bits per heavy atom. The lowest BCUT2D eigenvalue weighted by Gasteiger charge is -2.09. The van der Waals surface area contributed by atoms with E-state index in [0.717, 1.165) is 0 Å². The van der Waals surface area contributed by atoms with Crippen molar-refractivity contribution in [2.75, 3.05) is 11.5 Å². The molecule has 0 saturated heterocycles. The minimum absolute atomic E-state index is 0.0153. The first-order chi connectivity index (χ1) is 12.3. The van der Waals surface area contributed by atoms with Crippen LogP contribution in [0.1, 0.15) is 31.3 Å². The van der Waals surface area contributed by atoms with Crippen molar-refractivity contribution < 1.29 is 10.2 Å². The Hall–Kier alpha value is -3.60. The Kier molecular flexibility index (Phi) is 7.58. The first-order valence-corrected chi connectivity index (χ1v) is 7.32. The monoisotopic (exact) mass is 354 g/mol. The summed E-state index contributed by atoms with van der Waals surface area (Å²) in [7, 11) is 0. The molecule has 0 saturated carbocycles. The third-order valence-electron chi connectivity index (χ3n) is 2.91. The maximum atomic E-state index is 9.41. The average Bonchev–Trinajstić information content (AvgIpc) is 2.63. The second-order valence-corrected chi connectivity index (χ2v) is 4.92. The largest absolute Gasteiger partial charge is 0.391 e. The lowest BCUT2D eigenvalue weighted by molar-refractivity contribution is 0.0277. The molecule has 0 bridgehead atoms. The predicted molar refractivity (Wildman–Crippen MR) is 96.8 cm³/mol. The number of nitrogens with zero attached hydrogens (tertiary/aromatic N) is 6. The highest BCUT2D eigenvalue weighted by atomic mass is 16.3. The van der Waals surface area contributed by atoms with Gasteiger partial charge >= 0.3 is 11.6 Å². The van der Waals surface area contributed by atoms with Crippen LogP contribution in [0.5, 0.6) is 0 Å². The van der Waals surface area contributed by atoms with Crippen molar-refractivity contribution in [1.29, 1.82) is 0 Å². The second kappa shape index (κ2) is 9.64. The molecule has 0 aliphatic heterocycles. The highest BCUT2D eigenvalue weighted by Crippen LogP contribution is 2.21. The van der Waals surface area contributed by atoms with Crippen LogP contribution in [0.25, 0.3) is 15.8 Å². The van der Waals surface area contributed by atoms with E-state index in [1.54, 1.807) is 6.08 Å². The summed E-state index contributed by atoms with van der Waals surface area (Å²) in [5.41, 5.74) is 11.5. The molecule has 0 amide bonds. The Morgan fingerprint density at radius 1 is 1.04 bits per heavy atom. The SMILES string of the molecule is [C-]#[N+]c1nc(/C=C/C)cnc1N.[C-]#[N+]c1nc([C@H](O)[C@H](C)O)cnc1N. The number of allylic oxidation sites excluding steroid dienone is 1. The van der Waals surface area contributed by atoms with Crippen molar-refractivity contribution in [1.82, 2.24) is 19.9 Å². The third kappa shape index (κ3) is 5.49. The maximum Gasteiger partial charge on any atom is 0.312 e. The summed E-state index contributed by atoms with van der Waals surface area (Å²) in [6.07, 6.45) is 4.25. The molecule has 0 aromatic carbocycles. The van der Waals surface area contributed by atoms with Gasteiger partial charge in [-0.15, -0.1) is 9.97 Å². The van der Waals surface area contributed by atoms with Crippen LogP contribution in [0.2, 0.25) is 0 Å². The smallest absolute Gasteiger partial charge is 0.312 e. The molecule has 0 aliphatic rings. The van der Waals surface area contributed by atoms with Crippen LogP contribution in [0, 0.1) is 13.1 Å². The first kappa shape index (κ1) is 20.4. The molecule has 26 heavy (non-hydrogen) atoms. The van der Waals surface area contributed by atoms with Crippen LogP contribution in [-0.4, -0.2) is 36.3 Å². The van der Waals surface area contributed by atoms with Crippen molar-refractivity contribution in [2.45, 2.75) is 26.1 Å². The van der Waals surface area contributed by atoms with Crippen LogP contribution in [0.15, 0.2) is 18.5 Å². The molecule has 2 rings (SSSR count). The van der Waals surface area contributed by atoms with Gasteiger partial charge in [0.25, 0.3) is 0 Å². The van der Waals surface area contributed by atoms with E-state index < -0.39 is 12.2 Å². The number of rotatable bonds is 3. The average molecular weight is 354 g/mol. The van der Waals surface area contributed by atoms with Crippen LogP contribution < -0.4 is 11.5 Å². The summed E-state index contributed by atoms with van der Waals surface area (Å²) < 4.78 is 0. The van der Waals surface area contributed by atoms with Crippen molar-refractivity contribution in [2.24, 2.45) is 0 Å². The molecule has 2 aromatic heterocycles. The summed E-state index contributed by atoms with van der Waals surface area (Å²) in [6.45, 7) is 16.7. The molecule has 134 valence electrons. The number of anilines is 2. The fourth-order valence-corrected chi connectivity index (χ4v) is 1.61. The van der Waals surface area contributed by atoms with Crippen LogP contribution in [-0.2, 0) is 0 Å². The minimum atomic E-state index is -1.15. The predicted octanol–water partition coefficient (Wildman–Crippen LogP) is 1.67. The van der Waals surface area contributed by atoms with Gasteiger partial charge in [0, 0.05) is 0 Å². The number of hydrogen-bond donors (Lipinski definition) is 4. The normalized spacial score (nSPS) is 12.4. The maximum absolute atomic E-state index is 9.41. The van der Waals surface area contributed by atoms with Crippen LogP contribution in [0.3, 0.4) is 0 Å². The van der Waals surface area contributed by atoms with Crippen molar-refractivity contribution in [3.63, 3.8) is 0 Å². The lowest BCUT2D eigenvalue weighted by Crippen LogP contribution is -2.15. The molecule has 6 N–H and O–H groups in total. The van der Waals surface area contributed by atoms with Gasteiger partial charge in [-0.1, -0.05) is 19.2 Å². The number of hydrogen-bond acceptors (Lipinski definition) is 8. The molecule has 0 aliphatic carbocycles. The fraction of sp³-hybridized carbons (Fsp3) is 0.250. The van der Waals surface area contributed by atoms with Crippen molar-refractivity contribution >= 4 is 29.3 Å². The molecule has 2 atom stereocenters. The van der Waals surface area contributed by atoms with E-state index in [0.29, 0.717) is 5.69 Å². The van der Waals surface area contributed by atoms with Gasteiger partial charge in [0.1, 0.15) is 17.7 Å². The van der Waals surface area contributed by atoms with Gasteiger partial charge < -0.3 is 31.4 Å². The Balaban J connectivity index is 0.000000263. The molecule has 10 heteroatoms. The van der Waals surface area contributed by atoms with E-state index in [1.165, 1.54) is 19.3 Å². The third-order valence-corrected chi connectivity index (χ3v) is 2.91. The fourth-order valence-electron chi connectivity index (χ4n) is 1.61. The van der Waals surface area contributed by atoms with Gasteiger partial charge in [-0.25, -0.2) is 9.97 Å². The summed E-state index contributed by atoms with van der Waals surface area (Å²) in [5, 5.41) is 18.5. The lowest BCUT2D eigenvalue weighted by atomic mass is 10.2. The molecular weight excluding hydrogens is 336 g/mol. The standard InChI is InChI=1S/C8H10N4O2.C8H8N4/c1-4(13)6(14)5-3-11-7(9)8(10-2)12-5;1-3-4-6-5-11-7(9)8(10-2)12-6/h3-4,6,13-14H,1H3,(H2,9,11);3-5H,1H3,(H2,9,11)/b;4-3+/t4-,6+;/m0./s1. The Labute approximate surface area is 150 Å². The van der Waals surface area contributed by atoms with Crippen LogP contribution >= 0.6 is 0 Å². The zero-order valence-electron chi connectivity index (χ0n) is 14.2. The highest BCUT2D eigenvalue weighted by Gasteiger charge is 2.20. The van der Waals surface area contributed by atoms with Gasteiger partial charge in [-0.3, -0.25) is 0 Å². The number of aliphatic hydroxyl groups is 2. The summed E-state index contributed by atoms with van der Waals surface area (Å²) in [4.78, 5) is 21.4. The highest BCUT2D eigenvalue weighted by molar-refractivity contribution is 5.59. The number of nitrogens with two attached hydrogens (primary N) is 2. The topological polar surface area (TPSA) is 153 Å². The molecular formula is C16H18N8O2. The summed E-state index contributed by atoms with van der Waals surface area (Å²) >= 11 is 0. The van der Waals surface area contributed by atoms with Gasteiger partial charge in [-0.05, 0) is 19.9 Å². The zero-order valence-corrected chi connectivity index (χ0v) is 14.2. The van der Waals surface area contributed by atoms with Crippen molar-refractivity contribution in [3.05, 3.63) is 52.7 Å². The quantitative estimate of drug-likeness (QED) is 0.607. The molecule has 10 nitrogen and oxygen atoms in total. The van der Waals surface area contributed by atoms with E-state index in [4.69, 9.17) is 29.7 Å². The molecule has 0 spiro atoms. The molecule has 0 radical (unpaired) electrons. The molecule has 0 fully saturated rings. The number of aromatic nitrogens is 4. The van der Waals surface area contributed by atoms with E-state index in [-0.39, 0.29) is 29.0 Å².